The van der Waals surface area contributed by atoms with Crippen molar-refractivity contribution in [3.8, 4) is 0 Å². The Morgan fingerprint density at radius 3 is 2.59 bits per heavy atom. The minimum absolute atomic E-state index is 0.0193. The molecule has 1 saturated heterocycles. The van der Waals surface area contributed by atoms with Crippen LogP contribution in [0.2, 0.25) is 0 Å². The monoisotopic (exact) mass is 447 g/mol. The van der Waals surface area contributed by atoms with Crippen LogP contribution < -0.4 is 10.6 Å². The maximum absolute atomic E-state index is 13.2. The molecule has 0 unspecified atom stereocenters. The molecule has 1 aromatic heterocycles. The average Bonchev–Trinajstić information content (AvgIpc) is 3.55. The number of carbonyl (C=O) groups is 2. The van der Waals surface area contributed by atoms with E-state index in [-0.39, 0.29) is 17.7 Å². The summed E-state index contributed by atoms with van der Waals surface area (Å²) in [6.07, 6.45) is 4.16. The van der Waals surface area contributed by atoms with E-state index in [1.54, 1.807) is 11.3 Å². The Morgan fingerprint density at radius 2 is 1.84 bits per heavy atom. The minimum atomic E-state index is -0.114. The highest BCUT2D eigenvalue weighted by atomic mass is 32.1. The standard InChI is InChI=1S/C26H29N3O2S/c30-25(19-9-10-19)28-24-14-21-7-2-1-6-20(21)13-23(24)26(31)27-15-18-5-3-11-29(16-18)17-22-8-4-12-32-22/h1-2,4,6-8,12-14,18-19H,3,5,9-11,15-17H2,(H,27,31)(H,28,30)/t18-/m0/s1. The molecule has 1 aliphatic carbocycles. The highest BCUT2D eigenvalue weighted by molar-refractivity contribution is 7.09. The predicted molar refractivity (Wildman–Crippen MR) is 130 cm³/mol. The van der Waals surface area contributed by atoms with E-state index in [2.05, 4.69) is 33.0 Å². The van der Waals surface area contributed by atoms with Crippen molar-refractivity contribution in [2.45, 2.75) is 32.2 Å². The number of likely N-dealkylation sites (tertiary alicyclic amines) is 1. The third kappa shape index (κ3) is 5.03. The topological polar surface area (TPSA) is 61.4 Å². The zero-order valence-corrected chi connectivity index (χ0v) is 19.0. The Labute approximate surface area is 192 Å². The van der Waals surface area contributed by atoms with E-state index in [0.717, 1.165) is 56.1 Å². The fourth-order valence-electron chi connectivity index (χ4n) is 4.53. The van der Waals surface area contributed by atoms with Gasteiger partial charge in [-0.2, -0.15) is 0 Å². The molecule has 2 aromatic carbocycles. The van der Waals surface area contributed by atoms with Gasteiger partial charge in [0.25, 0.3) is 5.91 Å². The highest BCUT2D eigenvalue weighted by Gasteiger charge is 2.30. The summed E-state index contributed by atoms with van der Waals surface area (Å²) >= 11 is 1.80. The third-order valence-electron chi connectivity index (χ3n) is 6.45. The van der Waals surface area contributed by atoms with Crippen LogP contribution in [0.4, 0.5) is 5.69 Å². The molecule has 1 aliphatic heterocycles. The molecular formula is C26H29N3O2S. The van der Waals surface area contributed by atoms with Gasteiger partial charge in [0.05, 0.1) is 11.3 Å². The van der Waals surface area contributed by atoms with E-state index < -0.39 is 0 Å². The Balaban J connectivity index is 1.26. The molecule has 5 rings (SSSR count). The molecule has 2 amide bonds. The second kappa shape index (κ2) is 9.43. The van der Waals surface area contributed by atoms with Gasteiger partial charge in [0, 0.05) is 30.4 Å². The third-order valence-corrected chi connectivity index (χ3v) is 7.31. The van der Waals surface area contributed by atoms with Gasteiger partial charge in [-0.15, -0.1) is 11.3 Å². The van der Waals surface area contributed by atoms with Crippen molar-refractivity contribution in [3.63, 3.8) is 0 Å². The molecule has 6 heteroatoms. The second-order valence-electron chi connectivity index (χ2n) is 9.04. The van der Waals surface area contributed by atoms with Crippen molar-refractivity contribution in [1.29, 1.82) is 0 Å². The lowest BCUT2D eigenvalue weighted by molar-refractivity contribution is -0.117. The molecule has 2 N–H and O–H groups in total. The van der Waals surface area contributed by atoms with E-state index in [0.29, 0.717) is 23.7 Å². The lowest BCUT2D eigenvalue weighted by Gasteiger charge is -2.32. The first-order valence-electron chi connectivity index (χ1n) is 11.5. The number of hydrogen-bond acceptors (Lipinski definition) is 4. The van der Waals surface area contributed by atoms with Crippen molar-refractivity contribution >= 4 is 39.6 Å². The Morgan fingerprint density at radius 1 is 1.03 bits per heavy atom. The van der Waals surface area contributed by atoms with Gasteiger partial charge >= 0.3 is 0 Å². The quantitative estimate of drug-likeness (QED) is 0.542. The molecule has 2 heterocycles. The van der Waals surface area contributed by atoms with Crippen molar-refractivity contribution in [1.82, 2.24) is 10.2 Å². The maximum atomic E-state index is 13.2. The van der Waals surface area contributed by atoms with Gasteiger partial charge in [-0.05, 0) is 72.5 Å². The van der Waals surface area contributed by atoms with Crippen molar-refractivity contribution in [2.24, 2.45) is 11.8 Å². The van der Waals surface area contributed by atoms with Crippen molar-refractivity contribution < 1.29 is 9.59 Å². The molecule has 0 bridgehead atoms. The van der Waals surface area contributed by atoms with Gasteiger partial charge in [0.2, 0.25) is 5.91 Å². The number of carbonyl (C=O) groups excluding carboxylic acids is 2. The average molecular weight is 448 g/mol. The zero-order valence-electron chi connectivity index (χ0n) is 18.2. The summed E-state index contributed by atoms with van der Waals surface area (Å²) in [5, 5.41) is 10.3. The van der Waals surface area contributed by atoms with Gasteiger partial charge in [-0.25, -0.2) is 0 Å². The molecule has 2 aliphatic rings. The number of thiophene rings is 1. The number of benzene rings is 2. The van der Waals surface area contributed by atoms with Gasteiger partial charge in [-0.1, -0.05) is 30.3 Å². The Kier molecular flexibility index (Phi) is 6.23. The van der Waals surface area contributed by atoms with Crippen LogP contribution in [0.15, 0.2) is 53.9 Å². The van der Waals surface area contributed by atoms with Crippen LogP contribution in [0.5, 0.6) is 0 Å². The van der Waals surface area contributed by atoms with Crippen LogP contribution in [-0.2, 0) is 11.3 Å². The number of anilines is 1. The van der Waals surface area contributed by atoms with Gasteiger partial charge in [0.15, 0.2) is 0 Å². The number of nitrogens with zero attached hydrogens (tertiary/aromatic N) is 1. The SMILES string of the molecule is O=C(NC[C@@H]1CCCN(Cc2cccs2)C1)c1cc2ccccc2cc1NC(=O)C1CC1. The van der Waals surface area contributed by atoms with Gasteiger partial charge in [0.1, 0.15) is 0 Å². The van der Waals surface area contributed by atoms with E-state index in [1.165, 1.54) is 4.88 Å². The molecule has 3 aromatic rings. The van der Waals surface area contributed by atoms with Crippen LogP contribution in [0.1, 0.15) is 40.9 Å². The van der Waals surface area contributed by atoms with Crippen LogP contribution in [0, 0.1) is 11.8 Å². The maximum Gasteiger partial charge on any atom is 0.253 e. The van der Waals surface area contributed by atoms with Crippen LogP contribution in [0.3, 0.4) is 0 Å². The second-order valence-corrected chi connectivity index (χ2v) is 10.1. The number of fused-ring (bicyclic) bond motifs is 1. The summed E-state index contributed by atoms with van der Waals surface area (Å²) in [6, 6.07) is 16.1. The van der Waals surface area contributed by atoms with E-state index in [9.17, 15) is 9.59 Å². The lowest BCUT2D eigenvalue weighted by Crippen LogP contribution is -2.40. The fourth-order valence-corrected chi connectivity index (χ4v) is 5.27. The largest absolute Gasteiger partial charge is 0.352 e. The summed E-state index contributed by atoms with van der Waals surface area (Å²) in [5.74, 6) is 0.439. The van der Waals surface area contributed by atoms with Crippen molar-refractivity contribution in [2.75, 3.05) is 25.0 Å². The highest BCUT2D eigenvalue weighted by Crippen LogP contribution is 2.32. The minimum Gasteiger partial charge on any atom is -0.352 e. The first-order valence-corrected chi connectivity index (χ1v) is 12.4. The number of amides is 2. The molecule has 0 radical (unpaired) electrons. The van der Waals surface area contributed by atoms with Crippen LogP contribution in [0.25, 0.3) is 10.8 Å². The molecule has 1 saturated carbocycles. The van der Waals surface area contributed by atoms with Gasteiger partial charge in [-0.3, -0.25) is 14.5 Å². The summed E-state index contributed by atoms with van der Waals surface area (Å²) < 4.78 is 0. The summed E-state index contributed by atoms with van der Waals surface area (Å²) in [7, 11) is 0. The number of nitrogens with one attached hydrogen (secondary N) is 2. The van der Waals surface area contributed by atoms with E-state index >= 15 is 0 Å². The Bertz CT molecular complexity index is 1110. The van der Waals surface area contributed by atoms with E-state index in [1.807, 2.05) is 36.4 Å². The fraction of sp³-hybridized carbons (Fsp3) is 0.385. The van der Waals surface area contributed by atoms with Crippen LogP contribution >= 0.6 is 11.3 Å². The van der Waals surface area contributed by atoms with Gasteiger partial charge < -0.3 is 10.6 Å². The molecular weight excluding hydrogens is 418 g/mol. The Hall–Kier alpha value is -2.70. The summed E-state index contributed by atoms with van der Waals surface area (Å²) in [5.41, 5.74) is 1.16. The summed E-state index contributed by atoms with van der Waals surface area (Å²) in [4.78, 5) is 29.5. The molecule has 5 nitrogen and oxygen atoms in total. The molecule has 0 spiro atoms. The molecule has 2 fully saturated rings. The first kappa shape index (κ1) is 21.2. The lowest BCUT2D eigenvalue weighted by atomic mass is 9.97. The van der Waals surface area contributed by atoms with E-state index in [4.69, 9.17) is 0 Å². The molecule has 32 heavy (non-hydrogen) atoms. The molecule has 166 valence electrons. The normalized spacial score (nSPS) is 19.1. The molecule has 1 atom stereocenters. The summed E-state index contributed by atoms with van der Waals surface area (Å²) in [6.45, 7) is 3.76. The smallest absolute Gasteiger partial charge is 0.253 e. The number of rotatable bonds is 7. The van der Waals surface area contributed by atoms with Crippen molar-refractivity contribution in [3.05, 3.63) is 64.4 Å². The number of hydrogen-bond donors (Lipinski definition) is 2. The zero-order chi connectivity index (χ0) is 21.9. The van der Waals surface area contributed by atoms with Crippen LogP contribution in [-0.4, -0.2) is 36.3 Å². The first-order chi connectivity index (χ1) is 15.7. The number of piperidine rings is 1. The predicted octanol–water partition coefficient (Wildman–Crippen LogP) is 4.89.